The van der Waals surface area contributed by atoms with E-state index in [-0.39, 0.29) is 6.03 Å². The first kappa shape index (κ1) is 15.6. The van der Waals surface area contributed by atoms with Gasteiger partial charge in [-0.2, -0.15) is 5.10 Å². The number of benzene rings is 1. The van der Waals surface area contributed by atoms with Crippen molar-refractivity contribution in [2.24, 2.45) is 0 Å². The summed E-state index contributed by atoms with van der Waals surface area (Å²) in [6.45, 7) is 4.66. The number of aryl methyl sites for hydroxylation is 2. The highest BCUT2D eigenvalue weighted by Gasteiger charge is 2.07. The van der Waals surface area contributed by atoms with Crippen LogP contribution in [-0.4, -0.2) is 27.3 Å². The zero-order chi connectivity index (χ0) is 15.4. The Morgan fingerprint density at radius 1 is 1.33 bits per heavy atom. The number of amides is 2. The number of carbonyl (C=O) groups is 1. The van der Waals surface area contributed by atoms with E-state index in [1.54, 1.807) is 22.9 Å². The molecule has 0 aliphatic rings. The van der Waals surface area contributed by atoms with Crippen LogP contribution in [0, 0.1) is 13.8 Å². The molecule has 1 aromatic heterocycles. The second kappa shape index (κ2) is 6.78. The first-order valence-corrected chi connectivity index (χ1v) is 7.09. The highest BCUT2D eigenvalue weighted by molar-refractivity contribution is 6.35. The lowest BCUT2D eigenvalue weighted by Gasteiger charge is -2.09. The van der Waals surface area contributed by atoms with Crippen molar-refractivity contribution < 1.29 is 4.79 Å². The van der Waals surface area contributed by atoms with E-state index in [0.717, 1.165) is 5.82 Å². The lowest BCUT2D eigenvalue weighted by atomic mass is 10.3. The Morgan fingerprint density at radius 2 is 2.10 bits per heavy atom. The number of anilines is 1. The molecule has 1 aromatic carbocycles. The Bertz CT molecular complexity index is 656. The van der Waals surface area contributed by atoms with E-state index in [0.29, 0.717) is 34.6 Å². The lowest BCUT2D eigenvalue weighted by molar-refractivity contribution is 0.251. The van der Waals surface area contributed by atoms with Gasteiger partial charge in [-0.05, 0) is 32.0 Å². The minimum Gasteiger partial charge on any atom is -0.336 e. The standard InChI is InChI=1S/C13H15Cl2N5O/c1-8-17-9(2)20(19-8)6-5-16-13(21)18-12-7-10(14)3-4-11(12)15/h3-4,7H,5-6H2,1-2H3,(H2,16,18,21). The number of rotatable bonds is 4. The zero-order valence-corrected chi connectivity index (χ0v) is 13.2. The molecule has 2 aromatic rings. The lowest BCUT2D eigenvalue weighted by Crippen LogP contribution is -2.32. The normalized spacial score (nSPS) is 10.5. The van der Waals surface area contributed by atoms with Crippen LogP contribution in [0.2, 0.25) is 10.0 Å². The topological polar surface area (TPSA) is 71.8 Å². The van der Waals surface area contributed by atoms with Gasteiger partial charge in [0.25, 0.3) is 0 Å². The molecule has 0 saturated heterocycles. The van der Waals surface area contributed by atoms with Gasteiger partial charge in [-0.15, -0.1) is 0 Å². The minimum absolute atomic E-state index is 0.353. The number of hydrogen-bond donors (Lipinski definition) is 2. The fourth-order valence-corrected chi connectivity index (χ4v) is 2.15. The molecule has 21 heavy (non-hydrogen) atoms. The van der Waals surface area contributed by atoms with Crippen LogP contribution in [0.25, 0.3) is 0 Å². The smallest absolute Gasteiger partial charge is 0.319 e. The summed E-state index contributed by atoms with van der Waals surface area (Å²) in [5, 5.41) is 10.5. The van der Waals surface area contributed by atoms with Crippen molar-refractivity contribution in [1.29, 1.82) is 0 Å². The van der Waals surface area contributed by atoms with Gasteiger partial charge in [0.15, 0.2) is 0 Å². The number of urea groups is 1. The predicted molar refractivity (Wildman–Crippen MR) is 83.0 cm³/mol. The summed E-state index contributed by atoms with van der Waals surface area (Å²) in [7, 11) is 0. The minimum atomic E-state index is -0.353. The molecule has 1 heterocycles. The largest absolute Gasteiger partial charge is 0.336 e. The third-order valence-corrected chi connectivity index (χ3v) is 3.31. The fourth-order valence-electron chi connectivity index (χ4n) is 1.81. The molecule has 0 aliphatic heterocycles. The number of nitrogens with one attached hydrogen (secondary N) is 2. The summed E-state index contributed by atoms with van der Waals surface area (Å²) in [6.07, 6.45) is 0. The van der Waals surface area contributed by atoms with Crippen LogP contribution in [0.15, 0.2) is 18.2 Å². The first-order chi connectivity index (χ1) is 9.95. The predicted octanol–water partition coefficient (Wildman–Crippen LogP) is 3.02. The van der Waals surface area contributed by atoms with E-state index in [1.807, 2.05) is 13.8 Å². The highest BCUT2D eigenvalue weighted by Crippen LogP contribution is 2.25. The Morgan fingerprint density at radius 3 is 2.76 bits per heavy atom. The maximum Gasteiger partial charge on any atom is 0.319 e. The van der Waals surface area contributed by atoms with E-state index in [1.165, 1.54) is 0 Å². The first-order valence-electron chi connectivity index (χ1n) is 6.33. The van der Waals surface area contributed by atoms with Crippen molar-refractivity contribution in [3.05, 3.63) is 39.9 Å². The molecule has 0 saturated carbocycles. The van der Waals surface area contributed by atoms with Crippen molar-refractivity contribution in [3.8, 4) is 0 Å². The van der Waals surface area contributed by atoms with Crippen LogP contribution in [0.4, 0.5) is 10.5 Å². The number of hydrogen-bond acceptors (Lipinski definition) is 3. The molecular weight excluding hydrogens is 313 g/mol. The molecule has 0 spiro atoms. The molecule has 8 heteroatoms. The number of halogens is 2. The van der Waals surface area contributed by atoms with Gasteiger partial charge < -0.3 is 10.6 Å². The van der Waals surface area contributed by atoms with Gasteiger partial charge in [-0.1, -0.05) is 23.2 Å². The Balaban J connectivity index is 1.85. The van der Waals surface area contributed by atoms with Crippen LogP contribution in [0.3, 0.4) is 0 Å². The third kappa shape index (κ3) is 4.34. The van der Waals surface area contributed by atoms with Crippen molar-refractivity contribution in [3.63, 3.8) is 0 Å². The fraction of sp³-hybridized carbons (Fsp3) is 0.308. The van der Waals surface area contributed by atoms with E-state index >= 15 is 0 Å². The maximum atomic E-state index is 11.8. The molecule has 2 rings (SSSR count). The van der Waals surface area contributed by atoms with Crippen molar-refractivity contribution >= 4 is 34.9 Å². The number of nitrogens with zero attached hydrogens (tertiary/aromatic N) is 3. The van der Waals surface area contributed by atoms with E-state index in [9.17, 15) is 4.79 Å². The molecule has 0 radical (unpaired) electrons. The summed E-state index contributed by atoms with van der Waals surface area (Å²) in [5.41, 5.74) is 0.467. The second-order valence-corrected chi connectivity index (χ2v) is 5.28. The summed E-state index contributed by atoms with van der Waals surface area (Å²) >= 11 is 11.8. The SMILES string of the molecule is Cc1nc(C)n(CCNC(=O)Nc2cc(Cl)ccc2Cl)n1. The van der Waals surface area contributed by atoms with E-state index in [2.05, 4.69) is 20.7 Å². The molecule has 0 unspecified atom stereocenters. The summed E-state index contributed by atoms with van der Waals surface area (Å²) < 4.78 is 1.74. The molecule has 112 valence electrons. The molecule has 0 atom stereocenters. The number of carbonyl (C=O) groups excluding carboxylic acids is 1. The molecule has 6 nitrogen and oxygen atoms in total. The van der Waals surface area contributed by atoms with Crippen LogP contribution in [0.1, 0.15) is 11.6 Å². The summed E-state index contributed by atoms with van der Waals surface area (Å²) in [6, 6.07) is 4.52. The quantitative estimate of drug-likeness (QED) is 0.906. The average Bonchev–Trinajstić information content (AvgIpc) is 2.72. The van der Waals surface area contributed by atoms with Gasteiger partial charge in [0.2, 0.25) is 0 Å². The van der Waals surface area contributed by atoms with Crippen LogP contribution in [-0.2, 0) is 6.54 Å². The van der Waals surface area contributed by atoms with Crippen LogP contribution < -0.4 is 10.6 Å². The monoisotopic (exact) mass is 327 g/mol. The molecule has 2 amide bonds. The summed E-state index contributed by atoms with van der Waals surface area (Å²) in [5.74, 6) is 1.52. The second-order valence-electron chi connectivity index (χ2n) is 4.43. The number of aromatic nitrogens is 3. The van der Waals surface area contributed by atoms with Gasteiger partial charge in [-0.25, -0.2) is 14.5 Å². The van der Waals surface area contributed by atoms with Gasteiger partial charge in [0.1, 0.15) is 11.6 Å². The average molecular weight is 328 g/mol. The van der Waals surface area contributed by atoms with E-state index < -0.39 is 0 Å². The Hall–Kier alpha value is -1.79. The van der Waals surface area contributed by atoms with Crippen molar-refractivity contribution in [1.82, 2.24) is 20.1 Å². The zero-order valence-electron chi connectivity index (χ0n) is 11.7. The molecule has 0 aliphatic carbocycles. The van der Waals surface area contributed by atoms with E-state index in [4.69, 9.17) is 23.2 Å². The maximum absolute atomic E-state index is 11.8. The molecule has 0 bridgehead atoms. The van der Waals surface area contributed by atoms with Gasteiger partial charge in [-0.3, -0.25) is 0 Å². The molecule has 0 fully saturated rings. The van der Waals surface area contributed by atoms with Crippen molar-refractivity contribution in [2.45, 2.75) is 20.4 Å². The molecule has 2 N–H and O–H groups in total. The Kier molecular flexibility index (Phi) is 5.03. The summed E-state index contributed by atoms with van der Waals surface area (Å²) in [4.78, 5) is 16.0. The van der Waals surface area contributed by atoms with Crippen LogP contribution in [0.5, 0.6) is 0 Å². The van der Waals surface area contributed by atoms with Gasteiger partial charge in [0, 0.05) is 11.6 Å². The molecular formula is C13H15Cl2N5O. The third-order valence-electron chi connectivity index (χ3n) is 2.75. The highest BCUT2D eigenvalue weighted by atomic mass is 35.5. The Labute approximate surface area is 132 Å². The van der Waals surface area contributed by atoms with Crippen LogP contribution >= 0.6 is 23.2 Å². The van der Waals surface area contributed by atoms with Gasteiger partial charge in [0.05, 0.1) is 17.3 Å². The van der Waals surface area contributed by atoms with Gasteiger partial charge >= 0.3 is 6.03 Å². The van der Waals surface area contributed by atoms with Crippen molar-refractivity contribution in [2.75, 3.05) is 11.9 Å².